The summed E-state index contributed by atoms with van der Waals surface area (Å²) in [4.78, 5) is 21.8. The quantitative estimate of drug-likeness (QED) is 0.535. The van der Waals surface area contributed by atoms with Crippen LogP contribution in [0.1, 0.15) is 20.3 Å². The molecule has 1 N–H and O–H groups in total. The van der Waals surface area contributed by atoms with E-state index >= 15 is 0 Å². The molecule has 5 nitrogen and oxygen atoms in total. The van der Waals surface area contributed by atoms with Gasteiger partial charge in [-0.05, 0) is 13.3 Å². The number of rotatable bonds is 6. The van der Waals surface area contributed by atoms with Gasteiger partial charge in [-0.2, -0.15) is 0 Å². The first-order valence-corrected chi connectivity index (χ1v) is 4.87. The monoisotopic (exact) mass is 215 g/mol. The highest BCUT2D eigenvalue weighted by Gasteiger charge is 2.13. The lowest BCUT2D eigenvalue weighted by atomic mass is 10.3. The van der Waals surface area contributed by atoms with Gasteiger partial charge in [0, 0.05) is 12.6 Å². The summed E-state index contributed by atoms with van der Waals surface area (Å²) in [7, 11) is 0. The van der Waals surface area contributed by atoms with Crippen molar-refractivity contribution in [2.75, 3.05) is 13.2 Å². The second kappa shape index (κ2) is 7.84. The first kappa shape index (κ1) is 13.5. The standard InChI is InChI=1S/C10H17NO4/c1-4-8(7-14-9(12)5-2)15-10(13)11-6-3/h5,8H,2,4,6-7H2,1,3H3,(H,11,13). The first-order valence-electron chi connectivity index (χ1n) is 4.87. The molecule has 0 aromatic heterocycles. The summed E-state index contributed by atoms with van der Waals surface area (Å²) < 4.78 is 9.73. The van der Waals surface area contributed by atoms with E-state index in [2.05, 4.69) is 11.9 Å². The van der Waals surface area contributed by atoms with Crippen molar-refractivity contribution in [1.82, 2.24) is 5.32 Å². The van der Waals surface area contributed by atoms with Crippen LogP contribution in [0, 0.1) is 0 Å². The molecule has 0 aliphatic heterocycles. The molecule has 1 unspecified atom stereocenters. The maximum atomic E-state index is 11.0. The Morgan fingerprint density at radius 1 is 1.47 bits per heavy atom. The Kier molecular flexibility index (Phi) is 7.05. The Labute approximate surface area is 89.4 Å². The molecule has 0 rings (SSSR count). The lowest BCUT2D eigenvalue weighted by Crippen LogP contribution is -2.31. The Morgan fingerprint density at radius 2 is 2.13 bits per heavy atom. The molecule has 1 amide bonds. The lowest BCUT2D eigenvalue weighted by molar-refractivity contribution is -0.140. The molecule has 86 valence electrons. The van der Waals surface area contributed by atoms with Crippen molar-refractivity contribution in [2.24, 2.45) is 0 Å². The second-order valence-electron chi connectivity index (χ2n) is 2.80. The maximum Gasteiger partial charge on any atom is 0.407 e. The SMILES string of the molecule is C=CC(=O)OCC(CC)OC(=O)NCC. The average Bonchev–Trinajstić information content (AvgIpc) is 2.23. The molecule has 0 bridgehead atoms. The predicted molar refractivity (Wildman–Crippen MR) is 55.4 cm³/mol. The molecule has 1 atom stereocenters. The summed E-state index contributed by atoms with van der Waals surface area (Å²) >= 11 is 0. The number of esters is 1. The van der Waals surface area contributed by atoms with Crippen molar-refractivity contribution < 1.29 is 19.1 Å². The van der Waals surface area contributed by atoms with E-state index in [0.29, 0.717) is 13.0 Å². The van der Waals surface area contributed by atoms with Gasteiger partial charge in [-0.1, -0.05) is 13.5 Å². The van der Waals surface area contributed by atoms with Crippen LogP contribution in [-0.2, 0) is 14.3 Å². The summed E-state index contributed by atoms with van der Waals surface area (Å²) in [5.74, 6) is -0.520. The highest BCUT2D eigenvalue weighted by atomic mass is 16.6. The summed E-state index contributed by atoms with van der Waals surface area (Å²) in [6.45, 7) is 7.45. The van der Waals surface area contributed by atoms with Gasteiger partial charge in [0.25, 0.3) is 0 Å². The van der Waals surface area contributed by atoms with Crippen LogP contribution in [0.5, 0.6) is 0 Å². The van der Waals surface area contributed by atoms with E-state index in [1.54, 1.807) is 6.92 Å². The maximum absolute atomic E-state index is 11.0. The third-order valence-electron chi connectivity index (χ3n) is 1.63. The molecule has 0 saturated carbocycles. The van der Waals surface area contributed by atoms with Gasteiger partial charge < -0.3 is 14.8 Å². The number of carbonyl (C=O) groups is 2. The number of amides is 1. The summed E-state index contributed by atoms with van der Waals surface area (Å²) in [5, 5.41) is 2.49. The minimum absolute atomic E-state index is 0.0541. The number of ether oxygens (including phenoxy) is 2. The van der Waals surface area contributed by atoms with E-state index in [-0.39, 0.29) is 6.61 Å². The van der Waals surface area contributed by atoms with Crippen LogP contribution in [0.2, 0.25) is 0 Å². The summed E-state index contributed by atoms with van der Waals surface area (Å²) in [6, 6.07) is 0. The normalized spacial score (nSPS) is 11.3. The largest absolute Gasteiger partial charge is 0.459 e. The van der Waals surface area contributed by atoms with Crippen molar-refractivity contribution in [3.05, 3.63) is 12.7 Å². The highest BCUT2D eigenvalue weighted by molar-refractivity contribution is 5.81. The molecular formula is C10H17NO4. The van der Waals surface area contributed by atoms with E-state index < -0.39 is 18.2 Å². The van der Waals surface area contributed by atoms with Crippen molar-refractivity contribution in [1.29, 1.82) is 0 Å². The number of alkyl carbamates (subject to hydrolysis) is 1. The van der Waals surface area contributed by atoms with Crippen LogP contribution in [-0.4, -0.2) is 31.3 Å². The summed E-state index contributed by atoms with van der Waals surface area (Å²) in [6.07, 6.45) is 0.736. The zero-order chi connectivity index (χ0) is 11.7. The topological polar surface area (TPSA) is 64.6 Å². The van der Waals surface area contributed by atoms with Crippen molar-refractivity contribution >= 4 is 12.1 Å². The molecular weight excluding hydrogens is 198 g/mol. The fraction of sp³-hybridized carbons (Fsp3) is 0.600. The van der Waals surface area contributed by atoms with Crippen molar-refractivity contribution in [2.45, 2.75) is 26.4 Å². The van der Waals surface area contributed by atoms with Crippen LogP contribution in [0.25, 0.3) is 0 Å². The zero-order valence-corrected chi connectivity index (χ0v) is 9.12. The smallest absolute Gasteiger partial charge is 0.407 e. The van der Waals surface area contributed by atoms with E-state index in [1.807, 2.05) is 6.92 Å². The second-order valence-corrected chi connectivity index (χ2v) is 2.80. The minimum Gasteiger partial charge on any atom is -0.459 e. The molecule has 0 heterocycles. The molecule has 0 aromatic carbocycles. The van der Waals surface area contributed by atoms with Gasteiger partial charge in [0.05, 0.1) is 0 Å². The van der Waals surface area contributed by atoms with Crippen molar-refractivity contribution in [3.63, 3.8) is 0 Å². The van der Waals surface area contributed by atoms with E-state index in [4.69, 9.17) is 9.47 Å². The predicted octanol–water partition coefficient (Wildman–Crippen LogP) is 1.24. The van der Waals surface area contributed by atoms with Crippen LogP contribution in [0.4, 0.5) is 4.79 Å². The van der Waals surface area contributed by atoms with Gasteiger partial charge in [0.1, 0.15) is 12.7 Å². The fourth-order valence-corrected chi connectivity index (χ4v) is 0.807. The van der Waals surface area contributed by atoms with E-state index in [0.717, 1.165) is 6.08 Å². The van der Waals surface area contributed by atoms with Gasteiger partial charge in [-0.3, -0.25) is 0 Å². The third kappa shape index (κ3) is 6.54. The number of carbonyl (C=O) groups excluding carboxylic acids is 2. The van der Waals surface area contributed by atoms with E-state index in [9.17, 15) is 9.59 Å². The van der Waals surface area contributed by atoms with Gasteiger partial charge in [0.2, 0.25) is 0 Å². The molecule has 0 aromatic rings. The molecule has 0 aliphatic carbocycles. The van der Waals surface area contributed by atoms with Crippen LogP contribution < -0.4 is 5.32 Å². The molecule has 5 heteroatoms. The van der Waals surface area contributed by atoms with Crippen molar-refractivity contribution in [3.8, 4) is 0 Å². The lowest BCUT2D eigenvalue weighted by Gasteiger charge is -2.15. The zero-order valence-electron chi connectivity index (χ0n) is 9.12. The molecule has 0 aliphatic rings. The molecule has 0 saturated heterocycles. The Morgan fingerprint density at radius 3 is 2.60 bits per heavy atom. The van der Waals surface area contributed by atoms with Gasteiger partial charge in [-0.25, -0.2) is 9.59 Å². The van der Waals surface area contributed by atoms with Gasteiger partial charge in [0.15, 0.2) is 0 Å². The van der Waals surface area contributed by atoms with Crippen LogP contribution >= 0.6 is 0 Å². The average molecular weight is 215 g/mol. The number of nitrogens with one attached hydrogen (secondary N) is 1. The number of hydrogen-bond donors (Lipinski definition) is 1. The minimum atomic E-state index is -0.520. The van der Waals surface area contributed by atoms with E-state index in [1.165, 1.54) is 0 Å². The van der Waals surface area contributed by atoms with Gasteiger partial charge >= 0.3 is 12.1 Å². The summed E-state index contributed by atoms with van der Waals surface area (Å²) in [5.41, 5.74) is 0. The molecule has 0 fully saturated rings. The first-order chi connectivity index (χ1) is 7.13. The van der Waals surface area contributed by atoms with Crippen LogP contribution in [0.3, 0.4) is 0 Å². The van der Waals surface area contributed by atoms with Crippen LogP contribution in [0.15, 0.2) is 12.7 Å². The van der Waals surface area contributed by atoms with Gasteiger partial charge in [-0.15, -0.1) is 0 Å². The fourth-order valence-electron chi connectivity index (χ4n) is 0.807. The Hall–Kier alpha value is -1.52. The highest BCUT2D eigenvalue weighted by Crippen LogP contribution is 1.99. The number of hydrogen-bond acceptors (Lipinski definition) is 4. The third-order valence-corrected chi connectivity index (χ3v) is 1.63. The molecule has 0 spiro atoms. The molecule has 0 radical (unpaired) electrons. The Bertz CT molecular complexity index is 227. The molecule has 15 heavy (non-hydrogen) atoms. The Balaban J connectivity index is 3.86.